The lowest BCUT2D eigenvalue weighted by atomic mass is 9.86. The Hall–Kier alpha value is -0.770. The quantitative estimate of drug-likeness (QED) is 0.592. The van der Waals surface area contributed by atoms with Gasteiger partial charge in [-0.2, -0.15) is 0 Å². The zero-order valence-electron chi connectivity index (χ0n) is 7.44. The van der Waals surface area contributed by atoms with Crippen LogP contribution in [0.4, 0.5) is 4.79 Å². The molecule has 0 radical (unpaired) electrons. The summed E-state index contributed by atoms with van der Waals surface area (Å²) in [6.07, 6.45) is 2.21. The number of hydrogen-bond acceptors (Lipinski definition) is 2. The van der Waals surface area contributed by atoms with Gasteiger partial charge in [0.05, 0.1) is 0 Å². The Balaban J connectivity index is 1.97. The molecule has 0 saturated heterocycles. The van der Waals surface area contributed by atoms with Gasteiger partial charge < -0.3 is 15.5 Å². The van der Waals surface area contributed by atoms with Gasteiger partial charge in [-0.05, 0) is 37.0 Å². The van der Waals surface area contributed by atoms with Gasteiger partial charge in [0.2, 0.25) is 0 Å². The average Bonchev–Trinajstić information content (AvgIpc) is 2.60. The highest BCUT2D eigenvalue weighted by atomic mass is 16.4. The number of nitrogens with one attached hydrogen (secondary N) is 1. The molecule has 1 amide bonds. The van der Waals surface area contributed by atoms with Crippen molar-refractivity contribution in [3.05, 3.63) is 0 Å². The first-order chi connectivity index (χ1) is 6.20. The van der Waals surface area contributed by atoms with Crippen molar-refractivity contribution in [1.29, 1.82) is 0 Å². The van der Waals surface area contributed by atoms with Crippen molar-refractivity contribution in [2.24, 2.45) is 17.8 Å². The molecule has 4 heteroatoms. The van der Waals surface area contributed by atoms with E-state index in [1.54, 1.807) is 0 Å². The zero-order valence-corrected chi connectivity index (χ0v) is 7.44. The van der Waals surface area contributed by atoms with E-state index in [2.05, 4.69) is 5.32 Å². The third-order valence-electron chi connectivity index (χ3n) is 3.49. The summed E-state index contributed by atoms with van der Waals surface area (Å²) in [6.45, 7) is 0.207. The van der Waals surface area contributed by atoms with E-state index in [-0.39, 0.29) is 12.6 Å². The maximum Gasteiger partial charge on any atom is 0.404 e. The Labute approximate surface area is 76.9 Å². The first kappa shape index (κ1) is 8.81. The minimum atomic E-state index is -0.936. The standard InChI is InChI=1S/C9H15NO3/c11-4-6-1-5-2-7(6)8(3-5)10-9(12)13/h5-8,10-11H,1-4H2,(H,12,13). The van der Waals surface area contributed by atoms with Crippen LogP contribution in [0.1, 0.15) is 19.3 Å². The topological polar surface area (TPSA) is 69.6 Å². The predicted octanol–water partition coefficient (Wildman–Crippen LogP) is 0.661. The largest absolute Gasteiger partial charge is 0.465 e. The monoisotopic (exact) mass is 185 g/mol. The molecule has 4 nitrogen and oxygen atoms in total. The summed E-state index contributed by atoms with van der Waals surface area (Å²) in [7, 11) is 0. The molecule has 0 aliphatic heterocycles. The fourth-order valence-corrected chi connectivity index (χ4v) is 3.03. The Morgan fingerprint density at radius 3 is 2.69 bits per heavy atom. The van der Waals surface area contributed by atoms with Gasteiger partial charge in [-0.25, -0.2) is 4.79 Å². The second kappa shape index (κ2) is 3.18. The molecule has 2 bridgehead atoms. The van der Waals surface area contributed by atoms with E-state index < -0.39 is 6.09 Å². The van der Waals surface area contributed by atoms with E-state index >= 15 is 0 Å². The first-order valence-corrected chi connectivity index (χ1v) is 4.81. The van der Waals surface area contributed by atoms with Crippen molar-refractivity contribution >= 4 is 6.09 Å². The SMILES string of the molecule is O=C(O)NC1CC2CC(CO)C1C2. The fraction of sp³-hybridized carbons (Fsp3) is 0.889. The molecule has 0 aromatic heterocycles. The lowest BCUT2D eigenvalue weighted by Gasteiger charge is -2.27. The summed E-state index contributed by atoms with van der Waals surface area (Å²) in [4.78, 5) is 10.5. The van der Waals surface area contributed by atoms with Crippen molar-refractivity contribution in [3.8, 4) is 0 Å². The highest BCUT2D eigenvalue weighted by Crippen LogP contribution is 2.48. The number of aliphatic hydroxyl groups excluding tert-OH is 1. The summed E-state index contributed by atoms with van der Waals surface area (Å²) >= 11 is 0. The zero-order chi connectivity index (χ0) is 9.42. The molecular formula is C9H15NO3. The van der Waals surface area contributed by atoms with Crippen LogP contribution >= 0.6 is 0 Å². The second-order valence-corrected chi connectivity index (χ2v) is 4.24. The molecule has 2 rings (SSSR count). The molecule has 2 aliphatic rings. The van der Waals surface area contributed by atoms with Gasteiger partial charge in [0.25, 0.3) is 0 Å². The molecule has 0 heterocycles. The van der Waals surface area contributed by atoms with Gasteiger partial charge in [0.15, 0.2) is 0 Å². The average molecular weight is 185 g/mol. The predicted molar refractivity (Wildman–Crippen MR) is 46.4 cm³/mol. The van der Waals surface area contributed by atoms with Crippen LogP contribution in [0, 0.1) is 17.8 Å². The number of hydrogen-bond donors (Lipinski definition) is 3. The molecule has 3 N–H and O–H groups in total. The maximum absolute atomic E-state index is 10.5. The number of carbonyl (C=O) groups is 1. The van der Waals surface area contributed by atoms with Crippen LogP contribution in [0.25, 0.3) is 0 Å². The normalized spacial score (nSPS) is 42.2. The fourth-order valence-electron chi connectivity index (χ4n) is 3.03. The number of carboxylic acid groups (broad SMARTS) is 1. The van der Waals surface area contributed by atoms with Gasteiger partial charge in [-0.15, -0.1) is 0 Å². The smallest absolute Gasteiger partial charge is 0.404 e. The van der Waals surface area contributed by atoms with Crippen LogP contribution in [-0.2, 0) is 0 Å². The van der Waals surface area contributed by atoms with Gasteiger partial charge >= 0.3 is 6.09 Å². The number of fused-ring (bicyclic) bond motifs is 2. The van der Waals surface area contributed by atoms with E-state index in [1.165, 1.54) is 0 Å². The van der Waals surface area contributed by atoms with Crippen molar-refractivity contribution in [2.75, 3.05) is 6.61 Å². The highest BCUT2D eigenvalue weighted by molar-refractivity contribution is 5.65. The number of rotatable bonds is 2. The molecule has 0 aromatic carbocycles. The van der Waals surface area contributed by atoms with Crippen molar-refractivity contribution in [1.82, 2.24) is 5.32 Å². The third kappa shape index (κ3) is 1.50. The highest BCUT2D eigenvalue weighted by Gasteiger charge is 2.46. The minimum Gasteiger partial charge on any atom is -0.465 e. The molecule has 13 heavy (non-hydrogen) atoms. The molecule has 2 saturated carbocycles. The summed E-state index contributed by atoms with van der Waals surface area (Å²) in [5.41, 5.74) is 0. The van der Waals surface area contributed by atoms with Crippen LogP contribution in [0.2, 0.25) is 0 Å². The molecule has 74 valence electrons. The first-order valence-electron chi connectivity index (χ1n) is 4.81. The molecule has 2 aliphatic carbocycles. The summed E-state index contributed by atoms with van der Waals surface area (Å²) in [5.74, 6) is 1.35. The third-order valence-corrected chi connectivity index (χ3v) is 3.49. The molecule has 4 unspecified atom stereocenters. The van der Waals surface area contributed by atoms with E-state index in [0.717, 1.165) is 19.3 Å². The van der Waals surface area contributed by atoms with Gasteiger partial charge in [-0.3, -0.25) is 0 Å². The Bertz CT molecular complexity index is 219. The Morgan fingerprint density at radius 2 is 2.15 bits per heavy atom. The van der Waals surface area contributed by atoms with E-state index in [9.17, 15) is 4.79 Å². The Kier molecular flexibility index (Phi) is 2.15. The van der Waals surface area contributed by atoms with Gasteiger partial charge in [-0.1, -0.05) is 0 Å². The number of amides is 1. The summed E-state index contributed by atoms with van der Waals surface area (Å²) < 4.78 is 0. The lowest BCUT2D eigenvalue weighted by molar-refractivity contribution is 0.144. The van der Waals surface area contributed by atoms with Crippen LogP contribution < -0.4 is 5.32 Å². The molecule has 2 fully saturated rings. The van der Waals surface area contributed by atoms with Crippen LogP contribution in [0.5, 0.6) is 0 Å². The second-order valence-electron chi connectivity index (χ2n) is 4.24. The van der Waals surface area contributed by atoms with E-state index in [4.69, 9.17) is 10.2 Å². The number of aliphatic hydroxyl groups is 1. The Morgan fingerprint density at radius 1 is 1.38 bits per heavy atom. The van der Waals surface area contributed by atoms with Gasteiger partial charge in [0.1, 0.15) is 0 Å². The van der Waals surface area contributed by atoms with Crippen molar-refractivity contribution < 1.29 is 15.0 Å². The molecular weight excluding hydrogens is 170 g/mol. The van der Waals surface area contributed by atoms with E-state index in [1.807, 2.05) is 0 Å². The van der Waals surface area contributed by atoms with Crippen molar-refractivity contribution in [2.45, 2.75) is 25.3 Å². The van der Waals surface area contributed by atoms with Crippen LogP contribution in [-0.4, -0.2) is 29.0 Å². The van der Waals surface area contributed by atoms with E-state index in [0.29, 0.717) is 17.8 Å². The summed E-state index contributed by atoms with van der Waals surface area (Å²) in [6, 6.07) is 0.0911. The maximum atomic E-state index is 10.5. The van der Waals surface area contributed by atoms with Crippen LogP contribution in [0.3, 0.4) is 0 Å². The van der Waals surface area contributed by atoms with Crippen molar-refractivity contribution in [3.63, 3.8) is 0 Å². The minimum absolute atomic E-state index is 0.0911. The molecule has 4 atom stereocenters. The summed E-state index contributed by atoms with van der Waals surface area (Å²) in [5, 5.41) is 20.2. The molecule has 0 spiro atoms. The van der Waals surface area contributed by atoms with Crippen LogP contribution in [0.15, 0.2) is 0 Å². The molecule has 0 aromatic rings. The lowest BCUT2D eigenvalue weighted by Crippen LogP contribution is -2.41. The van der Waals surface area contributed by atoms with Gasteiger partial charge in [0, 0.05) is 12.6 Å².